The minimum Gasteiger partial charge on any atom is -0.497 e. The summed E-state index contributed by atoms with van der Waals surface area (Å²) < 4.78 is 4.97. The van der Waals surface area contributed by atoms with Crippen molar-refractivity contribution in [1.29, 1.82) is 0 Å². The van der Waals surface area contributed by atoms with E-state index in [2.05, 4.69) is 0 Å². The van der Waals surface area contributed by atoms with Crippen molar-refractivity contribution < 1.29 is 9.76 Å². The van der Waals surface area contributed by atoms with Crippen molar-refractivity contribution in [2.24, 2.45) is 0 Å². The molecule has 2 nitrogen and oxygen atoms in total. The van der Waals surface area contributed by atoms with E-state index in [0.29, 0.717) is 6.32 Å². The minimum absolute atomic E-state index is 0.587. The Bertz CT molecular complexity index is 208. The van der Waals surface area contributed by atoms with Crippen molar-refractivity contribution in [3.8, 4) is 5.75 Å². The Labute approximate surface area is 67.1 Å². The van der Waals surface area contributed by atoms with Gasteiger partial charge in [0.15, 0.2) is 0 Å². The summed E-state index contributed by atoms with van der Waals surface area (Å²) >= 11 is 0. The van der Waals surface area contributed by atoms with Crippen LogP contribution in [0.4, 0.5) is 0 Å². The van der Waals surface area contributed by atoms with Crippen molar-refractivity contribution in [1.82, 2.24) is 0 Å². The highest BCUT2D eigenvalue weighted by Gasteiger charge is 1.93. The second-order valence-corrected chi connectivity index (χ2v) is 2.23. The van der Waals surface area contributed by atoms with Gasteiger partial charge in [0.2, 0.25) is 0 Å². The first-order valence-corrected chi connectivity index (χ1v) is 3.45. The highest BCUT2D eigenvalue weighted by molar-refractivity contribution is 6.24. The molecule has 0 saturated carbocycles. The third kappa shape index (κ3) is 2.28. The number of rotatable bonds is 3. The molecule has 0 saturated heterocycles. The molecule has 0 amide bonds. The van der Waals surface area contributed by atoms with Gasteiger partial charge in [-0.1, -0.05) is 17.7 Å². The molecule has 1 N–H and O–H groups in total. The third-order valence-corrected chi connectivity index (χ3v) is 1.49. The molecule has 1 aromatic rings. The Balaban J connectivity index is 2.66. The summed E-state index contributed by atoms with van der Waals surface area (Å²) in [5, 5.41) is 8.49. The van der Waals surface area contributed by atoms with Crippen LogP contribution in [-0.4, -0.2) is 19.6 Å². The number of hydrogen-bond acceptors (Lipinski definition) is 2. The SMILES string of the molecule is COc1ccc(C[B]O)cc1. The summed E-state index contributed by atoms with van der Waals surface area (Å²) in [5.74, 6) is 0.840. The maximum absolute atomic E-state index is 8.49. The number of ether oxygens (including phenoxy) is 1. The van der Waals surface area contributed by atoms with Crippen molar-refractivity contribution in [2.45, 2.75) is 6.32 Å². The smallest absolute Gasteiger partial charge is 0.291 e. The van der Waals surface area contributed by atoms with Gasteiger partial charge in [0.25, 0.3) is 7.48 Å². The van der Waals surface area contributed by atoms with Gasteiger partial charge in [-0.2, -0.15) is 0 Å². The molecule has 1 rings (SSSR count). The Morgan fingerprint density at radius 2 is 2.00 bits per heavy atom. The Morgan fingerprint density at radius 1 is 1.36 bits per heavy atom. The van der Waals surface area contributed by atoms with Crippen LogP contribution in [-0.2, 0) is 6.32 Å². The van der Waals surface area contributed by atoms with Gasteiger partial charge in [0, 0.05) is 0 Å². The molecule has 0 unspecified atom stereocenters. The maximum atomic E-state index is 8.49. The van der Waals surface area contributed by atoms with Crippen LogP contribution in [0, 0.1) is 0 Å². The summed E-state index contributed by atoms with van der Waals surface area (Å²) in [5.41, 5.74) is 1.08. The van der Waals surface area contributed by atoms with Crippen LogP contribution in [0.5, 0.6) is 5.75 Å². The molecule has 57 valence electrons. The van der Waals surface area contributed by atoms with Gasteiger partial charge in [0.1, 0.15) is 5.75 Å². The molecule has 0 aliphatic rings. The number of methoxy groups -OCH3 is 1. The summed E-state index contributed by atoms with van der Waals surface area (Å²) in [6.07, 6.45) is 0.587. The van der Waals surface area contributed by atoms with Crippen molar-refractivity contribution in [2.75, 3.05) is 7.11 Å². The van der Waals surface area contributed by atoms with Crippen LogP contribution in [0.2, 0.25) is 0 Å². The van der Waals surface area contributed by atoms with E-state index >= 15 is 0 Å². The summed E-state index contributed by atoms with van der Waals surface area (Å²) in [6, 6.07) is 7.59. The molecule has 0 aromatic heterocycles. The fraction of sp³-hybridized carbons (Fsp3) is 0.250. The van der Waals surface area contributed by atoms with E-state index in [1.54, 1.807) is 7.11 Å². The first kappa shape index (κ1) is 8.14. The zero-order valence-electron chi connectivity index (χ0n) is 6.45. The molecule has 11 heavy (non-hydrogen) atoms. The predicted octanol–water partition coefficient (Wildman–Crippen LogP) is 0.807. The van der Waals surface area contributed by atoms with Crippen LogP contribution >= 0.6 is 0 Å². The van der Waals surface area contributed by atoms with Gasteiger partial charge in [-0.3, -0.25) is 0 Å². The minimum atomic E-state index is 0.587. The number of benzene rings is 1. The van der Waals surface area contributed by atoms with Crippen molar-refractivity contribution >= 4 is 7.48 Å². The Morgan fingerprint density at radius 3 is 2.45 bits per heavy atom. The van der Waals surface area contributed by atoms with E-state index in [1.807, 2.05) is 24.3 Å². The summed E-state index contributed by atoms with van der Waals surface area (Å²) in [7, 11) is 2.77. The van der Waals surface area contributed by atoms with E-state index in [0.717, 1.165) is 18.8 Å². The van der Waals surface area contributed by atoms with Crippen molar-refractivity contribution in [3.63, 3.8) is 0 Å². The molecule has 1 aromatic carbocycles. The highest BCUT2D eigenvalue weighted by atomic mass is 16.5. The third-order valence-electron chi connectivity index (χ3n) is 1.49. The lowest BCUT2D eigenvalue weighted by atomic mass is 9.90. The first-order valence-electron chi connectivity index (χ1n) is 3.45. The van der Waals surface area contributed by atoms with Crippen LogP contribution in [0.1, 0.15) is 5.56 Å². The van der Waals surface area contributed by atoms with Gasteiger partial charge in [-0.25, -0.2) is 0 Å². The van der Waals surface area contributed by atoms with E-state index in [9.17, 15) is 0 Å². The standard InChI is InChI=1S/C8H10BO2/c1-11-8-4-2-7(3-5-8)6-9-10/h2-5,10H,6H2,1H3. The molecule has 0 atom stereocenters. The van der Waals surface area contributed by atoms with E-state index in [4.69, 9.17) is 9.76 Å². The van der Waals surface area contributed by atoms with Gasteiger partial charge in [-0.15, -0.1) is 0 Å². The van der Waals surface area contributed by atoms with Gasteiger partial charge in [0.05, 0.1) is 7.11 Å². The molecule has 0 bridgehead atoms. The fourth-order valence-electron chi connectivity index (χ4n) is 0.867. The molecular formula is C8H10BO2. The molecule has 0 aliphatic heterocycles. The quantitative estimate of drug-likeness (QED) is 0.644. The van der Waals surface area contributed by atoms with E-state index in [-0.39, 0.29) is 0 Å². The van der Waals surface area contributed by atoms with Crippen LogP contribution in [0.25, 0.3) is 0 Å². The molecule has 0 spiro atoms. The summed E-state index contributed by atoms with van der Waals surface area (Å²) in [6.45, 7) is 0. The predicted molar refractivity (Wildman–Crippen MR) is 44.7 cm³/mol. The topological polar surface area (TPSA) is 29.5 Å². The molecule has 1 radical (unpaired) electrons. The second-order valence-electron chi connectivity index (χ2n) is 2.23. The lowest BCUT2D eigenvalue weighted by molar-refractivity contribution is 0.414. The van der Waals surface area contributed by atoms with Crippen molar-refractivity contribution in [3.05, 3.63) is 29.8 Å². The first-order chi connectivity index (χ1) is 5.36. The van der Waals surface area contributed by atoms with E-state index < -0.39 is 0 Å². The molecule has 0 aliphatic carbocycles. The normalized spacial score (nSPS) is 9.27. The van der Waals surface area contributed by atoms with Crippen LogP contribution in [0.15, 0.2) is 24.3 Å². The zero-order chi connectivity index (χ0) is 8.10. The summed E-state index contributed by atoms with van der Waals surface area (Å²) in [4.78, 5) is 0. The monoisotopic (exact) mass is 149 g/mol. The average molecular weight is 149 g/mol. The second kappa shape index (κ2) is 4.03. The van der Waals surface area contributed by atoms with Gasteiger partial charge in [-0.05, 0) is 18.5 Å². The van der Waals surface area contributed by atoms with Gasteiger partial charge >= 0.3 is 0 Å². The zero-order valence-corrected chi connectivity index (χ0v) is 6.45. The van der Waals surface area contributed by atoms with Crippen LogP contribution < -0.4 is 4.74 Å². The van der Waals surface area contributed by atoms with Crippen LogP contribution in [0.3, 0.4) is 0 Å². The largest absolute Gasteiger partial charge is 0.497 e. The maximum Gasteiger partial charge on any atom is 0.291 e. The average Bonchev–Trinajstić information content (AvgIpc) is 2.07. The van der Waals surface area contributed by atoms with E-state index in [1.165, 1.54) is 0 Å². The Kier molecular flexibility index (Phi) is 2.99. The molecule has 0 fully saturated rings. The highest BCUT2D eigenvalue weighted by Crippen LogP contribution is 2.10. The Hall–Kier alpha value is -0.955. The van der Waals surface area contributed by atoms with Gasteiger partial charge < -0.3 is 9.76 Å². The lowest BCUT2D eigenvalue weighted by Gasteiger charge is -1.99. The molecular weight excluding hydrogens is 139 g/mol. The lowest BCUT2D eigenvalue weighted by Crippen LogP contribution is -1.94. The molecule has 0 heterocycles. The number of hydrogen-bond donors (Lipinski definition) is 1. The fourth-order valence-corrected chi connectivity index (χ4v) is 0.867. The molecule has 3 heteroatoms.